The Morgan fingerprint density at radius 2 is 1.73 bits per heavy atom. The number of carbonyl (C=O) groups is 1. The van der Waals surface area contributed by atoms with E-state index in [2.05, 4.69) is 26.1 Å². The molecule has 0 saturated heterocycles. The van der Waals surface area contributed by atoms with E-state index < -0.39 is 42.4 Å². The molecule has 3 N–H and O–H groups in total. The maximum atomic E-state index is 14.9. The Morgan fingerprint density at radius 3 is 2.34 bits per heavy atom. The number of ether oxygens (including phenoxy) is 1. The largest absolute Gasteiger partial charge is 0.495 e. The van der Waals surface area contributed by atoms with Crippen molar-refractivity contribution in [3.05, 3.63) is 59.5 Å². The SMILES string of the molecule is COc1cc(C(=O)NOCC(C)C)c(F)cc1Nc1ncc(C(F)(F)F)c(Nc2ccccc2P(=O)(OC)OC)n1. The second kappa shape index (κ2) is 13.3. The Balaban J connectivity index is 1.99. The summed E-state index contributed by atoms with van der Waals surface area (Å²) in [6.45, 7) is 3.92. The van der Waals surface area contributed by atoms with Gasteiger partial charge in [-0.2, -0.15) is 18.2 Å². The third-order valence-corrected chi connectivity index (χ3v) is 7.33. The van der Waals surface area contributed by atoms with E-state index in [1.807, 2.05) is 13.8 Å². The fourth-order valence-electron chi connectivity index (χ4n) is 3.41. The summed E-state index contributed by atoms with van der Waals surface area (Å²) in [5.41, 5.74) is 0.375. The van der Waals surface area contributed by atoms with Gasteiger partial charge in [-0.05, 0) is 24.1 Å². The number of methoxy groups -OCH3 is 1. The summed E-state index contributed by atoms with van der Waals surface area (Å²) in [5, 5.41) is 5.08. The van der Waals surface area contributed by atoms with Crippen LogP contribution in [0.4, 0.5) is 40.7 Å². The number of rotatable bonds is 12. The highest BCUT2D eigenvalue weighted by Crippen LogP contribution is 2.47. The molecular formula is C25H28F4N5O6P. The van der Waals surface area contributed by atoms with Crippen molar-refractivity contribution in [1.29, 1.82) is 0 Å². The van der Waals surface area contributed by atoms with E-state index in [0.29, 0.717) is 6.20 Å². The second-order valence-electron chi connectivity index (χ2n) is 8.75. The zero-order valence-corrected chi connectivity index (χ0v) is 23.5. The molecule has 41 heavy (non-hydrogen) atoms. The molecule has 0 fully saturated rings. The quantitative estimate of drug-likeness (QED) is 0.138. The molecular weight excluding hydrogens is 573 g/mol. The molecule has 0 aliphatic rings. The van der Waals surface area contributed by atoms with Gasteiger partial charge in [0.05, 0.1) is 36.0 Å². The molecule has 0 saturated carbocycles. The van der Waals surface area contributed by atoms with E-state index in [-0.39, 0.29) is 40.9 Å². The Labute approximate surface area is 233 Å². The maximum absolute atomic E-state index is 14.9. The number of para-hydroxylation sites is 1. The van der Waals surface area contributed by atoms with E-state index in [1.165, 1.54) is 31.4 Å². The first-order chi connectivity index (χ1) is 19.3. The van der Waals surface area contributed by atoms with Gasteiger partial charge in [0.1, 0.15) is 22.9 Å². The first-order valence-corrected chi connectivity index (χ1v) is 13.5. The van der Waals surface area contributed by atoms with Crippen molar-refractivity contribution in [1.82, 2.24) is 15.4 Å². The molecule has 0 radical (unpaired) electrons. The minimum Gasteiger partial charge on any atom is -0.495 e. The van der Waals surface area contributed by atoms with Crippen LogP contribution in [0.1, 0.15) is 29.8 Å². The fourth-order valence-corrected chi connectivity index (χ4v) is 4.64. The van der Waals surface area contributed by atoms with E-state index in [1.54, 1.807) is 0 Å². The van der Waals surface area contributed by atoms with E-state index >= 15 is 0 Å². The smallest absolute Gasteiger partial charge is 0.421 e. The van der Waals surface area contributed by atoms with Gasteiger partial charge < -0.3 is 24.4 Å². The van der Waals surface area contributed by atoms with Gasteiger partial charge in [0.15, 0.2) is 0 Å². The second-order valence-corrected chi connectivity index (χ2v) is 11.0. The van der Waals surface area contributed by atoms with Gasteiger partial charge in [-0.25, -0.2) is 14.9 Å². The molecule has 3 rings (SSSR count). The summed E-state index contributed by atoms with van der Waals surface area (Å²) < 4.78 is 84.6. The van der Waals surface area contributed by atoms with Crippen molar-refractivity contribution in [3.8, 4) is 5.75 Å². The molecule has 3 aromatic rings. The first kappa shape index (κ1) is 31.7. The van der Waals surface area contributed by atoms with Crippen LogP contribution in [0.2, 0.25) is 0 Å². The number of amides is 1. The lowest BCUT2D eigenvalue weighted by Crippen LogP contribution is -2.26. The van der Waals surface area contributed by atoms with Gasteiger partial charge in [0.25, 0.3) is 5.91 Å². The molecule has 0 unspecified atom stereocenters. The summed E-state index contributed by atoms with van der Waals surface area (Å²) in [7, 11) is -0.360. The van der Waals surface area contributed by atoms with Crippen LogP contribution in [0.3, 0.4) is 0 Å². The molecule has 0 bridgehead atoms. The number of alkyl halides is 3. The Bertz CT molecular complexity index is 1430. The fraction of sp³-hybridized carbons (Fsp3) is 0.320. The molecule has 0 atom stereocenters. The van der Waals surface area contributed by atoms with Crippen LogP contribution in [0, 0.1) is 11.7 Å². The van der Waals surface area contributed by atoms with Gasteiger partial charge in [-0.3, -0.25) is 14.2 Å². The summed E-state index contributed by atoms with van der Waals surface area (Å²) in [6.07, 6.45) is -4.36. The van der Waals surface area contributed by atoms with E-state index in [9.17, 15) is 26.9 Å². The average molecular weight is 601 g/mol. The van der Waals surface area contributed by atoms with Crippen LogP contribution < -0.4 is 26.2 Å². The van der Waals surface area contributed by atoms with Gasteiger partial charge in [-0.1, -0.05) is 26.0 Å². The van der Waals surface area contributed by atoms with Crippen LogP contribution in [0.5, 0.6) is 5.75 Å². The third-order valence-electron chi connectivity index (χ3n) is 5.39. The number of benzene rings is 2. The summed E-state index contributed by atoms with van der Waals surface area (Å²) in [6, 6.07) is 7.70. The van der Waals surface area contributed by atoms with Crippen molar-refractivity contribution in [2.45, 2.75) is 20.0 Å². The van der Waals surface area contributed by atoms with Gasteiger partial charge in [0.2, 0.25) is 5.95 Å². The average Bonchev–Trinajstić information content (AvgIpc) is 2.92. The normalized spacial score (nSPS) is 11.9. The molecule has 0 spiro atoms. The number of hydrogen-bond donors (Lipinski definition) is 3. The predicted molar refractivity (Wildman–Crippen MR) is 143 cm³/mol. The highest BCUT2D eigenvalue weighted by molar-refractivity contribution is 7.62. The van der Waals surface area contributed by atoms with Crippen molar-refractivity contribution in [2.75, 3.05) is 38.6 Å². The Hall–Kier alpha value is -3.78. The number of nitrogens with zero attached hydrogens (tertiary/aromatic N) is 2. The number of hydroxylamine groups is 1. The number of anilines is 4. The minimum atomic E-state index is -4.88. The molecule has 1 heterocycles. The molecule has 11 nitrogen and oxygen atoms in total. The number of hydrogen-bond acceptors (Lipinski definition) is 10. The topological polar surface area (TPSA) is 133 Å². The van der Waals surface area contributed by atoms with Crippen LogP contribution in [0.15, 0.2) is 42.6 Å². The summed E-state index contributed by atoms with van der Waals surface area (Å²) in [5.74, 6) is -2.86. The molecule has 0 aliphatic heterocycles. The van der Waals surface area contributed by atoms with Crippen LogP contribution in [-0.2, 0) is 24.6 Å². The van der Waals surface area contributed by atoms with Gasteiger partial charge >= 0.3 is 13.8 Å². The van der Waals surface area contributed by atoms with Crippen molar-refractivity contribution in [3.63, 3.8) is 0 Å². The highest BCUT2D eigenvalue weighted by atomic mass is 31.2. The van der Waals surface area contributed by atoms with Gasteiger partial charge in [0, 0.05) is 26.5 Å². The Kier molecular flexibility index (Phi) is 10.3. The lowest BCUT2D eigenvalue weighted by molar-refractivity contribution is -0.137. The highest BCUT2D eigenvalue weighted by Gasteiger charge is 2.36. The molecule has 2 aromatic carbocycles. The lowest BCUT2D eigenvalue weighted by atomic mass is 10.1. The third kappa shape index (κ3) is 7.70. The molecule has 0 aliphatic carbocycles. The predicted octanol–water partition coefficient (Wildman–Crippen LogP) is 5.56. The molecule has 1 amide bonds. The first-order valence-electron chi connectivity index (χ1n) is 11.9. The van der Waals surface area contributed by atoms with Crippen LogP contribution in [-0.4, -0.2) is 43.8 Å². The molecule has 1 aromatic heterocycles. The van der Waals surface area contributed by atoms with Crippen LogP contribution >= 0.6 is 7.60 Å². The van der Waals surface area contributed by atoms with Crippen LogP contribution in [0.25, 0.3) is 0 Å². The van der Waals surface area contributed by atoms with Crippen molar-refractivity contribution < 1.29 is 45.5 Å². The van der Waals surface area contributed by atoms with Crippen molar-refractivity contribution >= 4 is 41.9 Å². The zero-order valence-electron chi connectivity index (χ0n) is 22.6. The standard InChI is InChI=1S/C25H28F4N5O6P/c1-14(2)13-40-34-23(35)15-10-20(37-3)19(11-17(15)26)32-24-30-12-16(25(27,28)29)22(33-24)31-18-8-6-7-9-21(18)41(36,38-4)39-5/h6-12,14H,13H2,1-5H3,(H,34,35)(H2,30,31,32,33). The molecule has 16 heteroatoms. The zero-order chi connectivity index (χ0) is 30.4. The van der Waals surface area contributed by atoms with Crippen molar-refractivity contribution in [2.24, 2.45) is 5.92 Å². The number of halogens is 4. The maximum Gasteiger partial charge on any atom is 0.421 e. The summed E-state index contributed by atoms with van der Waals surface area (Å²) >= 11 is 0. The summed E-state index contributed by atoms with van der Waals surface area (Å²) in [4.78, 5) is 25.0. The monoisotopic (exact) mass is 601 g/mol. The number of nitrogens with one attached hydrogen (secondary N) is 3. The minimum absolute atomic E-state index is 0.0339. The molecule has 222 valence electrons. The number of aromatic nitrogens is 2. The van der Waals surface area contributed by atoms with E-state index in [0.717, 1.165) is 26.4 Å². The number of carbonyl (C=O) groups excluding carboxylic acids is 1. The lowest BCUT2D eigenvalue weighted by Gasteiger charge is -2.20. The van der Waals surface area contributed by atoms with E-state index in [4.69, 9.17) is 18.6 Å². The Morgan fingerprint density at radius 1 is 1.05 bits per heavy atom. The van der Waals surface area contributed by atoms with Gasteiger partial charge in [-0.15, -0.1) is 0 Å².